The van der Waals surface area contributed by atoms with Crippen LogP contribution in [0, 0.1) is 0 Å². The maximum absolute atomic E-state index is 5.20. The van der Waals surface area contributed by atoms with Crippen molar-refractivity contribution in [2.24, 2.45) is 0 Å². The van der Waals surface area contributed by atoms with E-state index in [9.17, 15) is 0 Å². The van der Waals surface area contributed by atoms with Crippen LogP contribution in [0.2, 0.25) is 0 Å². The lowest BCUT2D eigenvalue weighted by Crippen LogP contribution is -2.22. The second-order valence-corrected chi connectivity index (χ2v) is 2.66. The highest BCUT2D eigenvalue weighted by atomic mass is 35.5. The number of nitrogens with one attached hydrogen (secondary N) is 1. The molecular weight excluding hydrogens is 150 g/mol. The Bertz CT molecular complexity index is 79.7. The van der Waals surface area contributed by atoms with Crippen LogP contribution < -0.4 is 5.32 Å². The zero-order valence-electron chi connectivity index (χ0n) is 6.59. The third kappa shape index (κ3) is 2.45. The molecule has 1 N–H and O–H groups in total. The third-order valence-corrected chi connectivity index (χ3v) is 2.13. The Morgan fingerprint density at radius 1 is 1.40 bits per heavy atom. The third-order valence-electron chi connectivity index (χ3n) is 2.13. The summed E-state index contributed by atoms with van der Waals surface area (Å²) in [7, 11) is 3.81. The first-order chi connectivity index (χ1) is 4.36. The van der Waals surface area contributed by atoms with Gasteiger partial charge in [-0.05, 0) is 26.3 Å². The fourth-order valence-electron chi connectivity index (χ4n) is 1.42. The molecule has 1 fully saturated rings. The zero-order valence-corrected chi connectivity index (χ0v) is 7.41. The average molecular weight is 166 g/mol. The molecule has 2 nitrogen and oxygen atoms in total. The predicted octanol–water partition coefficient (Wildman–Crippen LogP) is 1.20. The summed E-state index contributed by atoms with van der Waals surface area (Å²) in [6.07, 6.45) is 4.20. The highest BCUT2D eigenvalue weighted by molar-refractivity contribution is 5.85. The van der Waals surface area contributed by atoms with Crippen molar-refractivity contribution in [2.75, 3.05) is 14.2 Å². The molecule has 0 heterocycles. The van der Waals surface area contributed by atoms with Gasteiger partial charge in [0.25, 0.3) is 0 Å². The van der Waals surface area contributed by atoms with E-state index in [1.165, 1.54) is 19.3 Å². The van der Waals surface area contributed by atoms with E-state index in [1.807, 2.05) is 7.05 Å². The van der Waals surface area contributed by atoms with Crippen molar-refractivity contribution in [3.63, 3.8) is 0 Å². The van der Waals surface area contributed by atoms with Gasteiger partial charge < -0.3 is 10.1 Å². The van der Waals surface area contributed by atoms with Gasteiger partial charge in [0.1, 0.15) is 0 Å². The van der Waals surface area contributed by atoms with E-state index in [0.29, 0.717) is 12.1 Å². The molecule has 0 unspecified atom stereocenters. The summed E-state index contributed by atoms with van der Waals surface area (Å²) >= 11 is 0. The van der Waals surface area contributed by atoms with E-state index < -0.39 is 0 Å². The predicted molar refractivity (Wildman–Crippen MR) is 44.7 cm³/mol. The largest absolute Gasteiger partial charge is 0.381 e. The zero-order chi connectivity index (χ0) is 6.69. The molecule has 0 aromatic rings. The molecule has 1 aliphatic rings. The van der Waals surface area contributed by atoms with E-state index in [0.717, 1.165) is 0 Å². The minimum Gasteiger partial charge on any atom is -0.381 e. The summed E-state index contributed by atoms with van der Waals surface area (Å²) in [5.74, 6) is 0. The van der Waals surface area contributed by atoms with Gasteiger partial charge in [-0.2, -0.15) is 0 Å². The first-order valence-electron chi connectivity index (χ1n) is 3.57. The van der Waals surface area contributed by atoms with Crippen LogP contribution in [0.15, 0.2) is 0 Å². The summed E-state index contributed by atoms with van der Waals surface area (Å²) in [4.78, 5) is 0. The highest BCUT2D eigenvalue weighted by Gasteiger charge is 2.22. The van der Waals surface area contributed by atoms with E-state index >= 15 is 0 Å². The molecule has 1 aliphatic carbocycles. The molecule has 0 aliphatic heterocycles. The molecule has 0 bridgehead atoms. The van der Waals surface area contributed by atoms with Gasteiger partial charge >= 0.3 is 0 Å². The number of hydrogen-bond donors (Lipinski definition) is 1. The van der Waals surface area contributed by atoms with Gasteiger partial charge in [0.15, 0.2) is 0 Å². The van der Waals surface area contributed by atoms with Gasteiger partial charge in [0.2, 0.25) is 0 Å². The summed E-state index contributed by atoms with van der Waals surface area (Å²) in [5, 5.41) is 3.25. The Balaban J connectivity index is 0.000000810. The Labute approximate surface area is 68.7 Å². The van der Waals surface area contributed by atoms with E-state index in [4.69, 9.17) is 4.74 Å². The van der Waals surface area contributed by atoms with Gasteiger partial charge in [-0.15, -0.1) is 12.4 Å². The lowest BCUT2D eigenvalue weighted by atomic mass is 10.2. The molecule has 0 saturated heterocycles. The van der Waals surface area contributed by atoms with Gasteiger partial charge in [0, 0.05) is 13.2 Å². The Morgan fingerprint density at radius 3 is 2.40 bits per heavy atom. The molecule has 0 aromatic heterocycles. The second kappa shape index (κ2) is 4.94. The van der Waals surface area contributed by atoms with Gasteiger partial charge in [-0.3, -0.25) is 0 Å². The van der Waals surface area contributed by atoms with E-state index in [1.54, 1.807) is 7.11 Å². The van der Waals surface area contributed by atoms with Crippen LogP contribution in [0.1, 0.15) is 19.3 Å². The molecule has 0 aromatic carbocycles. The molecule has 3 heteroatoms. The minimum atomic E-state index is 0. The highest BCUT2D eigenvalue weighted by Crippen LogP contribution is 2.20. The lowest BCUT2D eigenvalue weighted by Gasteiger charge is -2.07. The summed E-state index contributed by atoms with van der Waals surface area (Å²) in [5.41, 5.74) is 0. The Kier molecular flexibility index (Phi) is 5.04. The number of halogens is 1. The number of methoxy groups -OCH3 is 1. The molecule has 2 atom stereocenters. The monoisotopic (exact) mass is 165 g/mol. The van der Waals surface area contributed by atoms with Gasteiger partial charge in [0.05, 0.1) is 6.10 Å². The van der Waals surface area contributed by atoms with E-state index in [2.05, 4.69) is 5.32 Å². The van der Waals surface area contributed by atoms with Crippen LogP contribution >= 0.6 is 12.4 Å². The molecule has 0 amide bonds. The SMILES string of the molecule is CN[C@H]1CC[C@@H](OC)C1.Cl. The van der Waals surface area contributed by atoms with Crippen LogP contribution in [0.25, 0.3) is 0 Å². The van der Waals surface area contributed by atoms with Crippen molar-refractivity contribution >= 4 is 12.4 Å². The molecule has 1 saturated carbocycles. The van der Waals surface area contributed by atoms with Crippen molar-refractivity contribution in [2.45, 2.75) is 31.4 Å². The number of ether oxygens (including phenoxy) is 1. The number of hydrogen-bond acceptors (Lipinski definition) is 2. The summed E-state index contributed by atoms with van der Waals surface area (Å²) < 4.78 is 5.20. The Morgan fingerprint density at radius 2 is 2.10 bits per heavy atom. The van der Waals surface area contributed by atoms with Crippen molar-refractivity contribution < 1.29 is 4.74 Å². The first-order valence-corrected chi connectivity index (χ1v) is 3.57. The van der Waals surface area contributed by atoms with Crippen LogP contribution in [0.4, 0.5) is 0 Å². The Hall–Kier alpha value is 0.210. The standard InChI is InChI=1S/C7H15NO.ClH/c1-8-6-3-4-7(5-6)9-2;/h6-8H,3-5H2,1-2H3;1H/t6-,7+;/m0./s1. The first kappa shape index (κ1) is 10.2. The van der Waals surface area contributed by atoms with Crippen molar-refractivity contribution in [3.8, 4) is 0 Å². The minimum absolute atomic E-state index is 0. The maximum atomic E-state index is 5.20. The summed E-state index contributed by atoms with van der Waals surface area (Å²) in [6, 6.07) is 0.704. The fraction of sp³-hybridized carbons (Fsp3) is 1.00. The second-order valence-electron chi connectivity index (χ2n) is 2.66. The van der Waals surface area contributed by atoms with Crippen molar-refractivity contribution in [3.05, 3.63) is 0 Å². The maximum Gasteiger partial charge on any atom is 0.0586 e. The van der Waals surface area contributed by atoms with E-state index in [-0.39, 0.29) is 12.4 Å². The van der Waals surface area contributed by atoms with Crippen LogP contribution in [-0.4, -0.2) is 26.3 Å². The van der Waals surface area contributed by atoms with Crippen molar-refractivity contribution in [1.82, 2.24) is 5.32 Å². The molecule has 0 radical (unpaired) electrons. The molecule has 62 valence electrons. The van der Waals surface area contributed by atoms with Crippen LogP contribution in [0.3, 0.4) is 0 Å². The molecule has 1 rings (SSSR count). The summed E-state index contributed by atoms with van der Waals surface area (Å²) in [6.45, 7) is 0. The van der Waals surface area contributed by atoms with Crippen molar-refractivity contribution in [1.29, 1.82) is 0 Å². The van der Waals surface area contributed by atoms with Gasteiger partial charge in [-0.1, -0.05) is 0 Å². The molecular formula is C7H16ClNO. The lowest BCUT2D eigenvalue weighted by molar-refractivity contribution is 0.107. The smallest absolute Gasteiger partial charge is 0.0586 e. The number of rotatable bonds is 2. The van der Waals surface area contributed by atoms with Crippen LogP contribution in [-0.2, 0) is 4.74 Å². The normalized spacial score (nSPS) is 31.8. The molecule has 0 spiro atoms. The molecule has 10 heavy (non-hydrogen) atoms. The topological polar surface area (TPSA) is 21.3 Å². The van der Waals surface area contributed by atoms with Crippen LogP contribution in [0.5, 0.6) is 0 Å². The van der Waals surface area contributed by atoms with Gasteiger partial charge in [-0.25, -0.2) is 0 Å². The average Bonchev–Trinajstić information content (AvgIpc) is 2.34. The fourth-order valence-corrected chi connectivity index (χ4v) is 1.42. The quantitative estimate of drug-likeness (QED) is 0.664.